The Morgan fingerprint density at radius 1 is 0.258 bits per heavy atom. The van der Waals surface area contributed by atoms with Crippen LogP contribution in [0.4, 0.5) is 0 Å². The first kappa shape index (κ1) is 36.2. The van der Waals surface area contributed by atoms with Crippen LogP contribution in [0.3, 0.4) is 0 Å². The van der Waals surface area contributed by atoms with Gasteiger partial charge < -0.3 is 0 Å². The van der Waals surface area contributed by atoms with Crippen molar-refractivity contribution in [2.75, 3.05) is 0 Å². The van der Waals surface area contributed by atoms with Crippen molar-refractivity contribution in [2.45, 2.75) is 15.2 Å². The van der Waals surface area contributed by atoms with Crippen molar-refractivity contribution in [3.63, 3.8) is 0 Å². The van der Waals surface area contributed by atoms with Gasteiger partial charge in [0.15, 0.2) is 17.5 Å². The number of hydrogen-bond acceptors (Lipinski definition) is 4. The van der Waals surface area contributed by atoms with E-state index in [0.717, 1.165) is 38.9 Å². The van der Waals surface area contributed by atoms with Crippen molar-refractivity contribution in [3.8, 4) is 78.7 Å². The topological polar surface area (TPSA) is 38.7 Å². The highest BCUT2D eigenvalue weighted by molar-refractivity contribution is 7.99. The minimum absolute atomic E-state index is 0.419. The zero-order valence-electron chi connectivity index (χ0n) is 33.6. The van der Waals surface area contributed by atoms with Gasteiger partial charge in [0.05, 0.1) is 5.41 Å². The Morgan fingerprint density at radius 2 is 0.645 bits per heavy atom. The molecule has 0 saturated heterocycles. The number of fused-ring (bicyclic) bond motifs is 9. The molecule has 0 bridgehead atoms. The van der Waals surface area contributed by atoms with Crippen LogP contribution in [0.15, 0.2) is 234 Å². The summed E-state index contributed by atoms with van der Waals surface area (Å²) < 4.78 is 0. The van der Waals surface area contributed by atoms with E-state index in [0.29, 0.717) is 17.5 Å². The van der Waals surface area contributed by atoms with Gasteiger partial charge in [0.2, 0.25) is 0 Å². The largest absolute Gasteiger partial charge is 0.208 e. The van der Waals surface area contributed by atoms with E-state index in [1.54, 1.807) is 0 Å². The summed E-state index contributed by atoms with van der Waals surface area (Å²) >= 11 is 1.88. The second-order valence-electron chi connectivity index (χ2n) is 15.9. The smallest absolute Gasteiger partial charge is 0.164 e. The molecule has 0 N–H and O–H groups in total. The van der Waals surface area contributed by atoms with Crippen molar-refractivity contribution < 1.29 is 0 Å². The second-order valence-corrected chi connectivity index (χ2v) is 17.0. The van der Waals surface area contributed by atoms with Gasteiger partial charge >= 0.3 is 0 Å². The summed E-state index contributed by atoms with van der Waals surface area (Å²) in [5, 5.41) is 0. The Bertz CT molecular complexity index is 3290. The van der Waals surface area contributed by atoms with Crippen LogP contribution in [0.1, 0.15) is 22.3 Å². The third kappa shape index (κ3) is 5.94. The Kier molecular flexibility index (Phi) is 8.65. The molecule has 4 heteroatoms. The molecular weight excluding hydrogens is 771 g/mol. The maximum absolute atomic E-state index is 5.13. The lowest BCUT2D eigenvalue weighted by Gasteiger charge is -2.40. The van der Waals surface area contributed by atoms with E-state index in [1.807, 2.05) is 36.0 Å². The molecule has 2 aliphatic rings. The van der Waals surface area contributed by atoms with Gasteiger partial charge in [-0.3, -0.25) is 0 Å². The monoisotopic (exact) mass is 807 g/mol. The standard InChI is InChI=1S/C58H37N3S/c1-3-16-38(17-4-1)40-20-14-24-45(35-40)56-59-55(39-18-5-2-6-19-39)60-57(61-56)46-25-15-23-43(36-46)41-21-13-22-42(34-41)44-32-33-54-52(37-44)58(51-30-11-12-31-53(51)62-54)49-28-9-7-26-47(49)48-27-8-10-29-50(48)58/h1-37H. The fraction of sp³-hybridized carbons (Fsp3) is 0.0172. The Morgan fingerprint density at radius 3 is 1.23 bits per heavy atom. The Hall–Kier alpha value is -7.66. The average molecular weight is 808 g/mol. The molecule has 9 aromatic carbocycles. The van der Waals surface area contributed by atoms with Crippen molar-refractivity contribution in [1.29, 1.82) is 0 Å². The van der Waals surface area contributed by atoms with E-state index in [2.05, 4.69) is 200 Å². The summed E-state index contributed by atoms with van der Waals surface area (Å²) in [7, 11) is 0. The van der Waals surface area contributed by atoms with E-state index in [9.17, 15) is 0 Å². The highest BCUT2D eigenvalue weighted by Crippen LogP contribution is 2.62. The second kappa shape index (κ2) is 14.8. The summed E-state index contributed by atoms with van der Waals surface area (Å²) in [6.07, 6.45) is 0. The van der Waals surface area contributed by atoms with Crippen LogP contribution in [0.2, 0.25) is 0 Å². The molecule has 1 spiro atoms. The normalized spacial score (nSPS) is 12.9. The molecule has 62 heavy (non-hydrogen) atoms. The molecule has 290 valence electrons. The van der Waals surface area contributed by atoms with Crippen molar-refractivity contribution in [3.05, 3.63) is 247 Å². The third-order valence-corrected chi connectivity index (χ3v) is 13.5. The van der Waals surface area contributed by atoms with E-state index in [4.69, 9.17) is 15.0 Å². The summed E-state index contributed by atoms with van der Waals surface area (Å²) in [5.74, 6) is 1.91. The first-order chi connectivity index (χ1) is 30.7. The zero-order chi connectivity index (χ0) is 41.0. The maximum Gasteiger partial charge on any atom is 0.164 e. The molecule has 1 aromatic heterocycles. The van der Waals surface area contributed by atoms with Crippen LogP contribution >= 0.6 is 11.8 Å². The van der Waals surface area contributed by atoms with Crippen LogP contribution in [0.25, 0.3) is 78.7 Å². The predicted molar refractivity (Wildman–Crippen MR) is 254 cm³/mol. The molecule has 0 fully saturated rings. The first-order valence-electron chi connectivity index (χ1n) is 21.0. The fourth-order valence-electron chi connectivity index (χ4n) is 9.57. The van der Waals surface area contributed by atoms with Crippen LogP contribution in [0.5, 0.6) is 0 Å². The van der Waals surface area contributed by atoms with E-state index in [-0.39, 0.29) is 0 Å². The highest BCUT2D eigenvalue weighted by atomic mass is 32.2. The molecule has 10 aromatic rings. The lowest BCUT2D eigenvalue weighted by Crippen LogP contribution is -2.32. The molecule has 2 heterocycles. The third-order valence-electron chi connectivity index (χ3n) is 12.4. The van der Waals surface area contributed by atoms with Gasteiger partial charge in [0.25, 0.3) is 0 Å². The average Bonchev–Trinajstić information content (AvgIpc) is 3.65. The van der Waals surface area contributed by atoms with Crippen LogP contribution in [-0.4, -0.2) is 15.0 Å². The Balaban J connectivity index is 0.955. The van der Waals surface area contributed by atoms with Gasteiger partial charge in [-0.15, -0.1) is 0 Å². The quantitative estimate of drug-likeness (QED) is 0.168. The highest BCUT2D eigenvalue weighted by Gasteiger charge is 2.50. The van der Waals surface area contributed by atoms with Crippen LogP contribution in [-0.2, 0) is 5.41 Å². The summed E-state index contributed by atoms with van der Waals surface area (Å²) in [5.41, 5.74) is 17.2. The lowest BCUT2D eigenvalue weighted by molar-refractivity contribution is 0.723. The van der Waals surface area contributed by atoms with Crippen LogP contribution in [0, 0.1) is 0 Å². The fourth-order valence-corrected chi connectivity index (χ4v) is 10.7. The van der Waals surface area contributed by atoms with Gasteiger partial charge in [-0.2, -0.15) is 0 Å². The SMILES string of the molecule is c1ccc(-c2cccc(-c3nc(-c4ccccc4)nc(-c4cccc(-c5cccc(-c6ccc7c(c6)C6(c8ccccc8S7)c7ccccc7-c7ccccc76)c5)c4)n3)c2)cc1. The lowest BCUT2D eigenvalue weighted by atomic mass is 9.67. The maximum atomic E-state index is 5.13. The van der Waals surface area contributed by atoms with Crippen molar-refractivity contribution in [1.82, 2.24) is 15.0 Å². The molecule has 1 aliphatic carbocycles. The number of hydrogen-bond donors (Lipinski definition) is 0. The molecule has 0 amide bonds. The Labute approximate surface area is 365 Å². The number of aromatic nitrogens is 3. The summed E-state index contributed by atoms with van der Waals surface area (Å²) in [6, 6.07) is 80.6. The van der Waals surface area contributed by atoms with E-state index in [1.165, 1.54) is 54.3 Å². The molecule has 0 unspecified atom stereocenters. The zero-order valence-corrected chi connectivity index (χ0v) is 34.4. The van der Waals surface area contributed by atoms with Crippen LogP contribution < -0.4 is 0 Å². The van der Waals surface area contributed by atoms with E-state index >= 15 is 0 Å². The number of nitrogens with zero attached hydrogens (tertiary/aromatic N) is 3. The van der Waals surface area contributed by atoms with Crippen molar-refractivity contribution in [2.24, 2.45) is 0 Å². The molecule has 0 saturated carbocycles. The minimum Gasteiger partial charge on any atom is -0.208 e. The molecule has 0 radical (unpaired) electrons. The van der Waals surface area contributed by atoms with E-state index < -0.39 is 5.41 Å². The van der Waals surface area contributed by atoms with Gasteiger partial charge in [-0.1, -0.05) is 200 Å². The molecule has 12 rings (SSSR count). The minimum atomic E-state index is -0.419. The van der Waals surface area contributed by atoms with Gasteiger partial charge in [0, 0.05) is 26.5 Å². The predicted octanol–water partition coefficient (Wildman–Crippen LogP) is 14.7. The van der Waals surface area contributed by atoms with Gasteiger partial charge in [0.1, 0.15) is 0 Å². The molecular formula is C58H37N3S. The summed E-state index contributed by atoms with van der Waals surface area (Å²) in [6.45, 7) is 0. The molecule has 3 nitrogen and oxygen atoms in total. The number of rotatable bonds is 6. The van der Waals surface area contributed by atoms with Gasteiger partial charge in [-0.05, 0) is 103 Å². The number of benzene rings is 9. The first-order valence-corrected chi connectivity index (χ1v) is 21.8. The summed E-state index contributed by atoms with van der Waals surface area (Å²) in [4.78, 5) is 17.8. The van der Waals surface area contributed by atoms with Gasteiger partial charge in [-0.25, -0.2) is 15.0 Å². The molecule has 1 aliphatic heterocycles. The molecule has 0 atom stereocenters. The van der Waals surface area contributed by atoms with Crippen molar-refractivity contribution >= 4 is 11.8 Å².